The number of halogens is 1. The van der Waals surface area contributed by atoms with Gasteiger partial charge in [-0.1, -0.05) is 28.1 Å². The van der Waals surface area contributed by atoms with E-state index in [1.54, 1.807) is 30.3 Å². The Bertz CT molecular complexity index is 1300. The predicted molar refractivity (Wildman–Crippen MR) is 117 cm³/mol. The molecule has 0 bridgehead atoms. The number of esters is 1. The molecule has 1 aliphatic heterocycles. The van der Waals surface area contributed by atoms with Crippen LogP contribution in [-0.4, -0.2) is 34.3 Å². The molecule has 0 saturated heterocycles. The first-order chi connectivity index (χ1) is 14.4. The zero-order chi connectivity index (χ0) is 21.4. The van der Waals surface area contributed by atoms with Crippen LogP contribution in [0.5, 0.6) is 0 Å². The first kappa shape index (κ1) is 20.4. The van der Waals surface area contributed by atoms with Gasteiger partial charge in [-0.05, 0) is 24.3 Å². The molecule has 3 aromatic rings. The van der Waals surface area contributed by atoms with Crippen molar-refractivity contribution in [3.05, 3.63) is 67.1 Å². The van der Waals surface area contributed by atoms with Crippen molar-refractivity contribution >= 4 is 56.3 Å². The maximum Gasteiger partial charge on any atom is 0.339 e. The number of aromatic nitrogens is 2. The number of hydrogen-bond donors (Lipinski definition) is 2. The summed E-state index contributed by atoms with van der Waals surface area (Å²) in [6, 6.07) is 9.61. The van der Waals surface area contributed by atoms with Gasteiger partial charge in [0.1, 0.15) is 0 Å². The molecule has 154 valence electrons. The van der Waals surface area contributed by atoms with Gasteiger partial charge < -0.3 is 15.0 Å². The minimum absolute atomic E-state index is 0.0313. The van der Waals surface area contributed by atoms with Gasteiger partial charge >= 0.3 is 17.1 Å². The van der Waals surface area contributed by atoms with Crippen LogP contribution < -0.4 is 16.4 Å². The molecular weight excluding hydrogens is 474 g/mol. The van der Waals surface area contributed by atoms with Gasteiger partial charge in [-0.2, -0.15) is 0 Å². The number of nitrogens with zero attached hydrogens (tertiary/aromatic N) is 1. The summed E-state index contributed by atoms with van der Waals surface area (Å²) in [5.74, 6) is -0.488. The average molecular weight is 490 g/mol. The van der Waals surface area contributed by atoms with Gasteiger partial charge in [-0.15, -0.1) is 11.8 Å². The summed E-state index contributed by atoms with van der Waals surface area (Å²) in [6.07, 6.45) is -0.0313. The molecule has 1 aliphatic rings. The van der Waals surface area contributed by atoms with E-state index in [2.05, 4.69) is 26.2 Å². The zero-order valence-electron chi connectivity index (χ0n) is 15.7. The number of H-pyrrole nitrogens is 1. The van der Waals surface area contributed by atoms with Gasteiger partial charge in [-0.3, -0.25) is 19.0 Å². The maximum absolute atomic E-state index is 12.7. The smallest absolute Gasteiger partial charge is 0.339 e. The topological polar surface area (TPSA) is 110 Å². The molecule has 2 aromatic carbocycles. The molecular formula is C20H16BrN3O5S. The number of hydrogen-bond acceptors (Lipinski definition) is 6. The lowest BCUT2D eigenvalue weighted by Gasteiger charge is -2.27. The maximum atomic E-state index is 12.7. The standard InChI is InChI=1S/C20H16BrN3O5S/c1-29-20(28)12-4-2-3-5-13(12)22-16(25)8-11-9-30-15-7-10(21)6-14-17(15)24(11)19(27)18(26)23-14/h2-7,11H,8-9H2,1H3,(H,22,25)(H,23,26). The molecule has 0 spiro atoms. The third-order valence-electron chi connectivity index (χ3n) is 4.77. The highest BCUT2D eigenvalue weighted by atomic mass is 79.9. The number of carbonyl (C=O) groups is 2. The normalized spacial score (nSPS) is 15.1. The van der Waals surface area contributed by atoms with Crippen molar-refractivity contribution in [3.8, 4) is 0 Å². The molecule has 1 atom stereocenters. The number of thioether (sulfide) groups is 1. The summed E-state index contributed by atoms with van der Waals surface area (Å²) in [5, 5.41) is 2.71. The van der Waals surface area contributed by atoms with Crippen molar-refractivity contribution in [3.63, 3.8) is 0 Å². The molecule has 2 N–H and O–H groups in total. The van der Waals surface area contributed by atoms with Crippen LogP contribution in [0.4, 0.5) is 5.69 Å². The number of methoxy groups -OCH3 is 1. The van der Waals surface area contributed by atoms with E-state index >= 15 is 0 Å². The molecule has 30 heavy (non-hydrogen) atoms. The van der Waals surface area contributed by atoms with Crippen molar-refractivity contribution < 1.29 is 14.3 Å². The van der Waals surface area contributed by atoms with Gasteiger partial charge in [0, 0.05) is 21.5 Å². The minimum Gasteiger partial charge on any atom is -0.465 e. The van der Waals surface area contributed by atoms with E-state index in [9.17, 15) is 19.2 Å². The van der Waals surface area contributed by atoms with Crippen LogP contribution in [0.25, 0.3) is 11.0 Å². The van der Waals surface area contributed by atoms with Crippen molar-refractivity contribution in [2.75, 3.05) is 18.2 Å². The molecule has 0 aliphatic carbocycles. The van der Waals surface area contributed by atoms with Gasteiger partial charge in [0.05, 0.1) is 35.4 Å². The number of aromatic amines is 1. The fraction of sp³-hybridized carbons (Fsp3) is 0.200. The van der Waals surface area contributed by atoms with Gasteiger partial charge in [0.2, 0.25) is 5.91 Å². The van der Waals surface area contributed by atoms with Gasteiger partial charge in [-0.25, -0.2) is 4.79 Å². The molecule has 8 nitrogen and oxygen atoms in total. The van der Waals surface area contributed by atoms with E-state index in [1.165, 1.54) is 23.4 Å². The Morgan fingerprint density at radius 1 is 1.30 bits per heavy atom. The van der Waals surface area contributed by atoms with Crippen LogP contribution in [0, 0.1) is 0 Å². The predicted octanol–water partition coefficient (Wildman–Crippen LogP) is 2.91. The van der Waals surface area contributed by atoms with Crippen molar-refractivity contribution in [2.24, 2.45) is 0 Å². The second-order valence-corrected chi connectivity index (χ2v) is 8.66. The monoisotopic (exact) mass is 489 g/mol. The summed E-state index contributed by atoms with van der Waals surface area (Å²) in [5.41, 5.74) is 0.256. The van der Waals surface area contributed by atoms with Crippen molar-refractivity contribution in [1.82, 2.24) is 9.55 Å². The Balaban J connectivity index is 1.68. The summed E-state index contributed by atoms with van der Waals surface area (Å²) >= 11 is 4.92. The van der Waals surface area contributed by atoms with E-state index < -0.39 is 23.1 Å². The lowest BCUT2D eigenvalue weighted by atomic mass is 10.1. The van der Waals surface area contributed by atoms with Crippen LogP contribution in [0.1, 0.15) is 22.8 Å². The lowest BCUT2D eigenvalue weighted by Crippen LogP contribution is -2.41. The van der Waals surface area contributed by atoms with Crippen LogP contribution in [0.2, 0.25) is 0 Å². The van der Waals surface area contributed by atoms with E-state index in [4.69, 9.17) is 4.74 Å². The van der Waals surface area contributed by atoms with E-state index in [1.807, 2.05) is 6.07 Å². The quantitative estimate of drug-likeness (QED) is 0.430. The molecule has 4 rings (SSSR count). The van der Waals surface area contributed by atoms with Gasteiger partial charge in [0.25, 0.3) is 0 Å². The highest BCUT2D eigenvalue weighted by Crippen LogP contribution is 2.38. The van der Waals surface area contributed by atoms with Crippen LogP contribution >= 0.6 is 27.7 Å². The molecule has 1 unspecified atom stereocenters. The summed E-state index contributed by atoms with van der Waals surface area (Å²) in [4.78, 5) is 52.9. The molecule has 1 amide bonds. The Labute approximate surface area is 182 Å². The van der Waals surface area contributed by atoms with Crippen LogP contribution in [0.15, 0.2) is 55.4 Å². The number of nitrogens with one attached hydrogen (secondary N) is 2. The van der Waals surface area contributed by atoms with E-state index in [-0.39, 0.29) is 17.9 Å². The lowest BCUT2D eigenvalue weighted by molar-refractivity contribution is -0.116. The molecule has 0 saturated carbocycles. The van der Waals surface area contributed by atoms with Gasteiger partial charge in [0.15, 0.2) is 0 Å². The van der Waals surface area contributed by atoms with Crippen LogP contribution in [-0.2, 0) is 9.53 Å². The molecule has 1 aromatic heterocycles. The Morgan fingerprint density at radius 2 is 2.07 bits per heavy atom. The third-order valence-corrected chi connectivity index (χ3v) is 6.40. The van der Waals surface area contributed by atoms with E-state index in [0.717, 1.165) is 9.37 Å². The van der Waals surface area contributed by atoms with Crippen LogP contribution in [0.3, 0.4) is 0 Å². The highest BCUT2D eigenvalue weighted by Gasteiger charge is 2.27. The van der Waals surface area contributed by atoms with E-state index in [0.29, 0.717) is 22.5 Å². The third kappa shape index (κ3) is 3.68. The minimum atomic E-state index is -0.736. The number of rotatable bonds is 4. The Morgan fingerprint density at radius 3 is 2.83 bits per heavy atom. The second-order valence-electron chi connectivity index (χ2n) is 6.68. The highest BCUT2D eigenvalue weighted by molar-refractivity contribution is 9.10. The number of benzene rings is 2. The SMILES string of the molecule is COC(=O)c1ccccc1NC(=O)CC1CSc2cc(Br)cc3[nH]c(=O)c(=O)n1c23. The Hall–Kier alpha value is -2.85. The largest absolute Gasteiger partial charge is 0.465 e. The fourth-order valence-electron chi connectivity index (χ4n) is 3.47. The molecule has 10 heteroatoms. The molecule has 2 heterocycles. The number of ether oxygens (including phenoxy) is 1. The molecule has 0 radical (unpaired) electrons. The van der Waals surface area contributed by atoms with Crippen molar-refractivity contribution in [1.29, 1.82) is 0 Å². The Kier molecular flexibility index (Phi) is 5.52. The number of carbonyl (C=O) groups excluding carboxylic acids is 2. The first-order valence-electron chi connectivity index (χ1n) is 8.97. The summed E-state index contributed by atoms with van der Waals surface area (Å²) < 4.78 is 6.93. The number of para-hydroxylation sites is 1. The first-order valence-corrected chi connectivity index (χ1v) is 10.7. The summed E-state index contributed by atoms with van der Waals surface area (Å²) in [7, 11) is 1.26. The average Bonchev–Trinajstić information content (AvgIpc) is 2.72. The summed E-state index contributed by atoms with van der Waals surface area (Å²) in [6.45, 7) is 0. The zero-order valence-corrected chi connectivity index (χ0v) is 18.1. The second kappa shape index (κ2) is 8.11. The molecule has 0 fully saturated rings. The van der Waals surface area contributed by atoms with Crippen molar-refractivity contribution in [2.45, 2.75) is 17.4 Å². The number of anilines is 1. The fourth-order valence-corrected chi connectivity index (χ4v) is 5.27. The number of amides is 1.